The maximum absolute atomic E-state index is 12.6. The Bertz CT molecular complexity index is 1250. The summed E-state index contributed by atoms with van der Waals surface area (Å²) in [5, 5.41) is 16.0. The summed E-state index contributed by atoms with van der Waals surface area (Å²) in [5.41, 5.74) is 2.75. The fourth-order valence-electron chi connectivity index (χ4n) is 3.38. The van der Waals surface area contributed by atoms with Gasteiger partial charge >= 0.3 is 0 Å². The summed E-state index contributed by atoms with van der Waals surface area (Å²) in [7, 11) is 0. The molecule has 2 aromatic carbocycles. The van der Waals surface area contributed by atoms with Gasteiger partial charge in [-0.2, -0.15) is 10.2 Å². The van der Waals surface area contributed by atoms with Gasteiger partial charge in [-0.05, 0) is 56.7 Å². The molecular formula is C23H25ClN6O2. The smallest absolute Gasteiger partial charge is 0.227 e. The van der Waals surface area contributed by atoms with E-state index in [1.807, 2.05) is 51.1 Å². The largest absolute Gasteiger partial charge is 0.489 e. The average molecular weight is 453 g/mol. The van der Waals surface area contributed by atoms with Crippen LogP contribution in [0.5, 0.6) is 5.75 Å². The minimum Gasteiger partial charge on any atom is -0.489 e. The number of hydrogen-bond acceptors (Lipinski definition) is 5. The first-order valence-electron chi connectivity index (χ1n) is 10.5. The van der Waals surface area contributed by atoms with Crippen molar-refractivity contribution in [2.45, 2.75) is 46.4 Å². The molecule has 166 valence electrons. The first-order chi connectivity index (χ1) is 15.4. The molecule has 2 N–H and O–H groups in total. The Labute approximate surface area is 190 Å². The SMILES string of the molecule is CCn1nc(-c2ccc(Cl)c(OC(C)C)c2)nc1CC(=O)NCc1ccc2[nH]ncc2c1. The van der Waals surface area contributed by atoms with Crippen LogP contribution in [0.1, 0.15) is 32.2 Å². The second-order valence-corrected chi connectivity index (χ2v) is 8.13. The zero-order valence-electron chi connectivity index (χ0n) is 18.2. The lowest BCUT2D eigenvalue weighted by Crippen LogP contribution is -2.26. The third-order valence-corrected chi connectivity index (χ3v) is 5.23. The number of carbonyl (C=O) groups excluding carboxylic acids is 1. The van der Waals surface area contributed by atoms with Crippen LogP contribution in [0.4, 0.5) is 0 Å². The maximum atomic E-state index is 12.6. The lowest BCUT2D eigenvalue weighted by Gasteiger charge is -2.11. The van der Waals surface area contributed by atoms with Crippen molar-refractivity contribution in [2.75, 3.05) is 0 Å². The molecule has 8 nitrogen and oxygen atoms in total. The third-order valence-electron chi connectivity index (χ3n) is 4.91. The molecule has 0 saturated carbocycles. The Morgan fingerprint density at radius 1 is 1.25 bits per heavy atom. The molecule has 0 radical (unpaired) electrons. The van der Waals surface area contributed by atoms with Crippen LogP contribution in [-0.4, -0.2) is 37.0 Å². The Morgan fingerprint density at radius 3 is 2.88 bits per heavy atom. The number of aromatic amines is 1. The number of rotatable bonds is 8. The van der Waals surface area contributed by atoms with Gasteiger partial charge in [-0.25, -0.2) is 9.67 Å². The van der Waals surface area contributed by atoms with Crippen molar-refractivity contribution in [3.05, 3.63) is 59.0 Å². The van der Waals surface area contributed by atoms with Crippen LogP contribution in [0.15, 0.2) is 42.6 Å². The highest BCUT2D eigenvalue weighted by atomic mass is 35.5. The van der Waals surface area contributed by atoms with Crippen LogP contribution in [0, 0.1) is 0 Å². The predicted octanol–water partition coefficient (Wildman–Crippen LogP) is 4.14. The zero-order chi connectivity index (χ0) is 22.7. The van der Waals surface area contributed by atoms with Gasteiger partial charge < -0.3 is 10.1 Å². The number of fused-ring (bicyclic) bond motifs is 1. The van der Waals surface area contributed by atoms with E-state index < -0.39 is 0 Å². The number of hydrogen-bond donors (Lipinski definition) is 2. The van der Waals surface area contributed by atoms with Crippen molar-refractivity contribution in [2.24, 2.45) is 0 Å². The second kappa shape index (κ2) is 9.40. The van der Waals surface area contributed by atoms with E-state index in [-0.39, 0.29) is 18.4 Å². The van der Waals surface area contributed by atoms with Gasteiger partial charge in [0.15, 0.2) is 5.82 Å². The van der Waals surface area contributed by atoms with Crippen LogP contribution in [0.2, 0.25) is 5.02 Å². The molecule has 4 aromatic rings. The molecule has 0 aliphatic carbocycles. The van der Waals surface area contributed by atoms with Crippen molar-refractivity contribution in [1.82, 2.24) is 30.3 Å². The highest BCUT2D eigenvalue weighted by Gasteiger charge is 2.16. The Morgan fingerprint density at radius 2 is 2.09 bits per heavy atom. The van der Waals surface area contributed by atoms with Gasteiger partial charge in [-0.15, -0.1) is 0 Å². The summed E-state index contributed by atoms with van der Waals surface area (Å²) in [5.74, 6) is 1.60. The summed E-state index contributed by atoms with van der Waals surface area (Å²) in [6, 6.07) is 11.4. The molecule has 0 bridgehead atoms. The van der Waals surface area contributed by atoms with E-state index in [4.69, 9.17) is 16.3 Å². The number of nitrogens with one attached hydrogen (secondary N) is 2. The Balaban J connectivity index is 1.46. The fraction of sp³-hybridized carbons (Fsp3) is 0.304. The van der Waals surface area contributed by atoms with Crippen molar-refractivity contribution in [3.63, 3.8) is 0 Å². The summed E-state index contributed by atoms with van der Waals surface area (Å²) >= 11 is 6.24. The standard InChI is InChI=1S/C23H25ClN6O2/c1-4-30-21(11-22(31)25-12-15-5-8-19-17(9-15)13-26-28-19)27-23(29-30)16-6-7-18(24)20(10-16)32-14(2)3/h5-10,13-14H,4,11-12H2,1-3H3,(H,25,31)(H,26,28). The van der Waals surface area contributed by atoms with E-state index in [2.05, 4.69) is 25.6 Å². The normalized spacial score (nSPS) is 11.3. The Hall–Kier alpha value is -3.39. The summed E-state index contributed by atoms with van der Waals surface area (Å²) in [6.45, 7) is 6.89. The summed E-state index contributed by atoms with van der Waals surface area (Å²) in [6.07, 6.45) is 1.90. The molecule has 2 aromatic heterocycles. The lowest BCUT2D eigenvalue weighted by molar-refractivity contribution is -0.120. The highest BCUT2D eigenvalue weighted by molar-refractivity contribution is 6.32. The van der Waals surface area contributed by atoms with E-state index in [9.17, 15) is 4.79 Å². The highest BCUT2D eigenvalue weighted by Crippen LogP contribution is 2.30. The molecule has 32 heavy (non-hydrogen) atoms. The van der Waals surface area contributed by atoms with E-state index >= 15 is 0 Å². The number of carbonyl (C=O) groups is 1. The second-order valence-electron chi connectivity index (χ2n) is 7.72. The van der Waals surface area contributed by atoms with E-state index in [1.165, 1.54) is 0 Å². The van der Waals surface area contributed by atoms with Gasteiger partial charge in [0.1, 0.15) is 11.6 Å². The molecule has 4 rings (SSSR count). The lowest BCUT2D eigenvalue weighted by atomic mass is 10.1. The van der Waals surface area contributed by atoms with Crippen molar-refractivity contribution < 1.29 is 9.53 Å². The van der Waals surface area contributed by atoms with Crippen molar-refractivity contribution in [1.29, 1.82) is 0 Å². The number of H-pyrrole nitrogens is 1. The molecule has 1 amide bonds. The number of nitrogens with zero attached hydrogens (tertiary/aromatic N) is 4. The first-order valence-corrected chi connectivity index (χ1v) is 10.9. The van der Waals surface area contributed by atoms with Gasteiger partial charge in [0.05, 0.1) is 29.3 Å². The third kappa shape index (κ3) is 4.91. The molecule has 0 spiro atoms. The first kappa shape index (κ1) is 21.8. The molecule has 0 saturated heterocycles. The molecule has 0 atom stereocenters. The van der Waals surface area contributed by atoms with E-state index in [0.717, 1.165) is 22.0 Å². The topological polar surface area (TPSA) is 97.7 Å². The van der Waals surface area contributed by atoms with Crippen molar-refractivity contribution in [3.8, 4) is 17.1 Å². The average Bonchev–Trinajstić information content (AvgIpc) is 3.39. The molecule has 0 unspecified atom stereocenters. The minimum atomic E-state index is -0.120. The minimum absolute atomic E-state index is 0.00242. The van der Waals surface area contributed by atoms with Crippen LogP contribution in [0.3, 0.4) is 0 Å². The van der Waals surface area contributed by atoms with Gasteiger partial charge in [-0.1, -0.05) is 17.7 Å². The van der Waals surface area contributed by atoms with E-state index in [0.29, 0.717) is 35.5 Å². The number of aryl methyl sites for hydroxylation is 1. The number of benzene rings is 2. The van der Waals surface area contributed by atoms with Crippen LogP contribution < -0.4 is 10.1 Å². The molecule has 9 heteroatoms. The van der Waals surface area contributed by atoms with Gasteiger partial charge in [0, 0.05) is 24.0 Å². The zero-order valence-corrected chi connectivity index (χ0v) is 19.0. The summed E-state index contributed by atoms with van der Waals surface area (Å²) < 4.78 is 7.51. The van der Waals surface area contributed by atoms with Crippen LogP contribution >= 0.6 is 11.6 Å². The molecular weight excluding hydrogens is 428 g/mol. The summed E-state index contributed by atoms with van der Waals surface area (Å²) in [4.78, 5) is 17.2. The fourth-order valence-corrected chi connectivity index (χ4v) is 3.54. The Kier molecular flexibility index (Phi) is 6.41. The molecule has 0 aliphatic rings. The molecule has 0 aliphatic heterocycles. The van der Waals surface area contributed by atoms with Crippen LogP contribution in [0.25, 0.3) is 22.3 Å². The number of ether oxygens (including phenoxy) is 1. The number of halogens is 1. The quantitative estimate of drug-likeness (QED) is 0.418. The van der Waals surface area contributed by atoms with E-state index in [1.54, 1.807) is 16.9 Å². The number of aromatic nitrogens is 5. The number of amides is 1. The molecule has 0 fully saturated rings. The predicted molar refractivity (Wildman–Crippen MR) is 124 cm³/mol. The van der Waals surface area contributed by atoms with Gasteiger partial charge in [0.25, 0.3) is 0 Å². The maximum Gasteiger partial charge on any atom is 0.227 e. The van der Waals surface area contributed by atoms with Crippen LogP contribution in [-0.2, 0) is 24.3 Å². The van der Waals surface area contributed by atoms with Gasteiger partial charge in [-0.3, -0.25) is 9.89 Å². The monoisotopic (exact) mass is 452 g/mol. The van der Waals surface area contributed by atoms with Gasteiger partial charge in [0.2, 0.25) is 5.91 Å². The molecule has 2 heterocycles. The van der Waals surface area contributed by atoms with Crippen molar-refractivity contribution >= 4 is 28.4 Å².